The number of methoxy groups -OCH3 is 1. The van der Waals surface area contributed by atoms with E-state index in [0.717, 1.165) is 18.9 Å². The number of carbonyl (C=O) groups is 1. The van der Waals surface area contributed by atoms with Crippen LogP contribution in [0.2, 0.25) is 0 Å². The second-order valence-electron chi connectivity index (χ2n) is 7.10. The van der Waals surface area contributed by atoms with Crippen molar-refractivity contribution in [2.24, 2.45) is 5.92 Å². The van der Waals surface area contributed by atoms with Crippen molar-refractivity contribution >= 4 is 22.0 Å². The van der Waals surface area contributed by atoms with E-state index >= 15 is 0 Å². The van der Waals surface area contributed by atoms with Crippen molar-refractivity contribution in [2.45, 2.75) is 24.7 Å². The third-order valence-electron chi connectivity index (χ3n) is 5.05. The molecular formula is C20H22N2O7S. The lowest BCUT2D eigenvalue weighted by Crippen LogP contribution is -2.37. The Kier molecular flexibility index (Phi) is 6.37. The summed E-state index contributed by atoms with van der Waals surface area (Å²) in [6, 6.07) is 7.92. The fraction of sp³-hybridized carbons (Fsp3) is 0.350. The Hall–Kier alpha value is -2.98. The van der Waals surface area contributed by atoms with Crippen LogP contribution in [-0.4, -0.2) is 44.1 Å². The van der Waals surface area contributed by atoms with Gasteiger partial charge in [0.2, 0.25) is 15.8 Å². The standard InChI is InChI=1S/C20H22N2O7S/c1-14-7-9-21(10-8-14)30(26,27)16-4-6-18(17(12-16)22(24)25)29-19-5-3-15(13-23)11-20(19)28-2/h3-6,11-14H,7-10H2,1-2H3. The van der Waals surface area contributed by atoms with Crippen LogP contribution >= 0.6 is 0 Å². The molecule has 0 N–H and O–H groups in total. The number of rotatable bonds is 7. The fourth-order valence-electron chi connectivity index (χ4n) is 3.22. The number of carbonyl (C=O) groups excluding carboxylic acids is 1. The van der Waals surface area contributed by atoms with Gasteiger partial charge in [0.1, 0.15) is 6.29 Å². The first-order chi connectivity index (χ1) is 14.3. The molecule has 0 unspecified atom stereocenters. The Labute approximate surface area is 174 Å². The molecule has 30 heavy (non-hydrogen) atoms. The van der Waals surface area contributed by atoms with Gasteiger partial charge in [-0.05, 0) is 49.1 Å². The molecule has 160 valence electrons. The summed E-state index contributed by atoms with van der Waals surface area (Å²) in [5.74, 6) is 0.686. The molecule has 1 aliphatic heterocycles. The second kappa shape index (κ2) is 8.80. The van der Waals surface area contributed by atoms with E-state index in [-0.39, 0.29) is 22.1 Å². The summed E-state index contributed by atoms with van der Waals surface area (Å²) in [6.07, 6.45) is 2.13. The summed E-state index contributed by atoms with van der Waals surface area (Å²) >= 11 is 0. The molecule has 3 rings (SSSR count). The molecule has 1 fully saturated rings. The zero-order chi connectivity index (χ0) is 21.9. The molecule has 9 nitrogen and oxygen atoms in total. The normalized spacial score (nSPS) is 15.5. The first-order valence-corrected chi connectivity index (χ1v) is 10.8. The van der Waals surface area contributed by atoms with Gasteiger partial charge in [0.25, 0.3) is 0 Å². The highest BCUT2D eigenvalue weighted by molar-refractivity contribution is 7.89. The first-order valence-electron chi connectivity index (χ1n) is 9.36. The van der Waals surface area contributed by atoms with E-state index in [1.807, 2.05) is 0 Å². The van der Waals surface area contributed by atoms with E-state index in [0.29, 0.717) is 30.9 Å². The molecular weight excluding hydrogens is 412 g/mol. The van der Waals surface area contributed by atoms with Crippen LogP contribution in [0.15, 0.2) is 41.3 Å². The molecule has 0 radical (unpaired) electrons. The van der Waals surface area contributed by atoms with Gasteiger partial charge in [0.15, 0.2) is 11.5 Å². The lowest BCUT2D eigenvalue weighted by atomic mass is 10.0. The van der Waals surface area contributed by atoms with Gasteiger partial charge in [0.05, 0.1) is 16.9 Å². The quantitative estimate of drug-likeness (QED) is 0.371. The van der Waals surface area contributed by atoms with Gasteiger partial charge >= 0.3 is 5.69 Å². The second-order valence-corrected chi connectivity index (χ2v) is 9.04. The molecule has 1 aliphatic rings. The highest BCUT2D eigenvalue weighted by atomic mass is 32.2. The number of piperidine rings is 1. The number of nitro groups is 1. The highest BCUT2D eigenvalue weighted by Gasteiger charge is 2.30. The highest BCUT2D eigenvalue weighted by Crippen LogP contribution is 2.38. The lowest BCUT2D eigenvalue weighted by Gasteiger charge is -2.29. The van der Waals surface area contributed by atoms with Crippen LogP contribution in [0.1, 0.15) is 30.1 Å². The molecule has 0 atom stereocenters. The summed E-state index contributed by atoms with van der Waals surface area (Å²) in [6.45, 7) is 2.84. The largest absolute Gasteiger partial charge is 0.493 e. The van der Waals surface area contributed by atoms with Gasteiger partial charge in [-0.25, -0.2) is 8.42 Å². The van der Waals surface area contributed by atoms with Gasteiger partial charge in [-0.15, -0.1) is 0 Å². The minimum Gasteiger partial charge on any atom is -0.493 e. The Morgan fingerprint density at radius 2 is 1.77 bits per heavy atom. The Balaban J connectivity index is 1.95. The number of nitrogens with zero attached hydrogens (tertiary/aromatic N) is 2. The number of ether oxygens (including phenoxy) is 2. The fourth-order valence-corrected chi connectivity index (χ4v) is 4.71. The predicted octanol–water partition coefficient (Wildman–Crippen LogP) is 3.63. The minimum atomic E-state index is -3.84. The van der Waals surface area contributed by atoms with Crippen molar-refractivity contribution in [2.75, 3.05) is 20.2 Å². The molecule has 0 spiro atoms. The van der Waals surface area contributed by atoms with Gasteiger partial charge in [-0.3, -0.25) is 14.9 Å². The van der Waals surface area contributed by atoms with Crippen molar-refractivity contribution in [1.82, 2.24) is 4.31 Å². The number of hydrogen-bond acceptors (Lipinski definition) is 7. The number of nitro benzene ring substituents is 1. The Morgan fingerprint density at radius 3 is 2.37 bits per heavy atom. The average Bonchev–Trinajstić information content (AvgIpc) is 2.74. The van der Waals surface area contributed by atoms with E-state index in [4.69, 9.17) is 9.47 Å². The number of sulfonamides is 1. The summed E-state index contributed by atoms with van der Waals surface area (Å²) in [5, 5.41) is 11.6. The van der Waals surface area contributed by atoms with Crippen LogP contribution in [0.3, 0.4) is 0 Å². The van der Waals surface area contributed by atoms with E-state index in [2.05, 4.69) is 6.92 Å². The van der Waals surface area contributed by atoms with Crippen LogP contribution in [-0.2, 0) is 10.0 Å². The number of aldehydes is 1. The zero-order valence-electron chi connectivity index (χ0n) is 16.6. The molecule has 2 aromatic rings. The topological polar surface area (TPSA) is 116 Å². The smallest absolute Gasteiger partial charge is 0.312 e. The van der Waals surface area contributed by atoms with Crippen LogP contribution in [0.5, 0.6) is 17.2 Å². The van der Waals surface area contributed by atoms with E-state index in [1.54, 1.807) is 0 Å². The minimum absolute atomic E-state index is 0.136. The van der Waals surface area contributed by atoms with Gasteiger partial charge in [-0.2, -0.15) is 4.31 Å². The number of hydrogen-bond donors (Lipinski definition) is 0. The predicted molar refractivity (Wildman–Crippen MR) is 109 cm³/mol. The molecule has 1 heterocycles. The van der Waals surface area contributed by atoms with Crippen molar-refractivity contribution in [1.29, 1.82) is 0 Å². The SMILES string of the molecule is COc1cc(C=O)ccc1Oc1ccc(S(=O)(=O)N2CCC(C)CC2)cc1[N+](=O)[O-]. The van der Waals surface area contributed by atoms with Gasteiger partial charge < -0.3 is 9.47 Å². The average molecular weight is 434 g/mol. The molecule has 10 heteroatoms. The maximum atomic E-state index is 12.9. The van der Waals surface area contributed by atoms with E-state index < -0.39 is 20.6 Å². The Bertz CT molecular complexity index is 1060. The molecule has 0 aliphatic carbocycles. The Morgan fingerprint density at radius 1 is 1.10 bits per heavy atom. The summed E-state index contributed by atoms with van der Waals surface area (Å²) in [7, 11) is -2.47. The van der Waals surface area contributed by atoms with Gasteiger partial charge in [-0.1, -0.05) is 6.92 Å². The summed E-state index contributed by atoms with van der Waals surface area (Å²) < 4.78 is 38.0. The molecule has 2 aromatic carbocycles. The first kappa shape index (κ1) is 21.7. The monoisotopic (exact) mass is 434 g/mol. The summed E-state index contributed by atoms with van der Waals surface area (Å²) in [5.41, 5.74) is -0.131. The maximum Gasteiger partial charge on any atom is 0.312 e. The van der Waals surface area contributed by atoms with Crippen LogP contribution < -0.4 is 9.47 Å². The third kappa shape index (κ3) is 4.44. The molecule has 1 saturated heterocycles. The van der Waals surface area contributed by atoms with Crippen LogP contribution in [0, 0.1) is 16.0 Å². The molecule has 0 aromatic heterocycles. The van der Waals surface area contributed by atoms with Crippen molar-refractivity contribution in [3.63, 3.8) is 0 Å². The maximum absolute atomic E-state index is 12.9. The van der Waals surface area contributed by atoms with Crippen molar-refractivity contribution in [3.8, 4) is 17.2 Å². The van der Waals surface area contributed by atoms with E-state index in [9.17, 15) is 23.3 Å². The van der Waals surface area contributed by atoms with E-state index in [1.165, 1.54) is 41.7 Å². The molecule has 0 saturated carbocycles. The summed E-state index contributed by atoms with van der Waals surface area (Å²) in [4.78, 5) is 21.7. The molecule has 0 bridgehead atoms. The lowest BCUT2D eigenvalue weighted by molar-refractivity contribution is -0.385. The zero-order valence-corrected chi connectivity index (χ0v) is 17.4. The third-order valence-corrected chi connectivity index (χ3v) is 6.95. The van der Waals surface area contributed by atoms with Crippen molar-refractivity contribution in [3.05, 3.63) is 52.1 Å². The number of benzene rings is 2. The van der Waals surface area contributed by atoms with Crippen molar-refractivity contribution < 1.29 is 27.6 Å². The molecule has 0 amide bonds. The van der Waals surface area contributed by atoms with Crippen LogP contribution in [0.4, 0.5) is 5.69 Å². The van der Waals surface area contributed by atoms with Gasteiger partial charge in [0, 0.05) is 24.7 Å². The van der Waals surface area contributed by atoms with Crippen LogP contribution in [0.25, 0.3) is 0 Å².